The average Bonchev–Trinajstić information content (AvgIpc) is 2.57. The topological polar surface area (TPSA) is 60.4 Å². The lowest BCUT2D eigenvalue weighted by atomic mass is 9.92. The number of hydrogen-bond acceptors (Lipinski definition) is 4. The Kier molecular flexibility index (Phi) is 9.03. The van der Waals surface area contributed by atoms with Gasteiger partial charge in [0, 0.05) is 16.9 Å². The van der Waals surface area contributed by atoms with Gasteiger partial charge in [0.2, 0.25) is 0 Å². The molecule has 0 heterocycles. The molecule has 6 heteroatoms. The number of carbonyl (C=O) groups is 1. The van der Waals surface area contributed by atoms with E-state index in [2.05, 4.69) is 13.8 Å². The first-order chi connectivity index (χ1) is 12.5. The van der Waals surface area contributed by atoms with Crippen molar-refractivity contribution in [3.05, 3.63) is 29.8 Å². The van der Waals surface area contributed by atoms with E-state index in [0.29, 0.717) is 11.5 Å². The van der Waals surface area contributed by atoms with Crippen LogP contribution in [0.4, 0.5) is 0 Å². The van der Waals surface area contributed by atoms with E-state index in [-0.39, 0.29) is 16.4 Å². The Balaban J connectivity index is 3.27. The van der Waals surface area contributed by atoms with Crippen molar-refractivity contribution in [1.82, 2.24) is 0 Å². The zero-order valence-electron chi connectivity index (χ0n) is 17.7. The Morgan fingerprint density at radius 3 is 1.85 bits per heavy atom. The maximum absolute atomic E-state index is 13.0. The van der Waals surface area contributed by atoms with Gasteiger partial charge in [-0.2, -0.15) is 8.42 Å². The standard InChI is InChI=1S/C21H36O4S2/c1-7-9-15-26(16-10-8-2,17-20(22)21(4,5)6)25-27(23,24)19-13-11-18(3)12-14-19/h11-14H,7-10,15-17H2,1-6H3. The van der Waals surface area contributed by atoms with Crippen LogP contribution in [0.1, 0.15) is 65.9 Å². The van der Waals surface area contributed by atoms with Crippen LogP contribution in [0.2, 0.25) is 0 Å². The van der Waals surface area contributed by atoms with E-state index in [9.17, 15) is 13.2 Å². The zero-order valence-corrected chi connectivity index (χ0v) is 19.3. The first-order valence-corrected chi connectivity index (χ1v) is 13.3. The number of aryl methyl sites for hydroxylation is 1. The van der Waals surface area contributed by atoms with E-state index < -0.39 is 25.8 Å². The SMILES string of the molecule is CCCCS(CCCC)(CC(=O)C(C)(C)C)OS(=O)(=O)c1ccc(C)cc1. The molecule has 0 spiro atoms. The van der Waals surface area contributed by atoms with Gasteiger partial charge in [0.05, 0.1) is 10.6 Å². The number of carbonyl (C=O) groups excluding carboxylic acids is 1. The smallest absolute Gasteiger partial charge is 0.298 e. The van der Waals surface area contributed by atoms with E-state index in [1.165, 1.54) is 0 Å². The van der Waals surface area contributed by atoms with Crippen molar-refractivity contribution < 1.29 is 16.8 Å². The van der Waals surface area contributed by atoms with Crippen LogP contribution in [-0.2, 0) is 18.5 Å². The minimum Gasteiger partial charge on any atom is -0.298 e. The highest BCUT2D eigenvalue weighted by Gasteiger charge is 2.36. The molecule has 0 amide bonds. The second kappa shape index (κ2) is 10.1. The average molecular weight is 417 g/mol. The summed E-state index contributed by atoms with van der Waals surface area (Å²) in [6.07, 6.45) is 3.61. The van der Waals surface area contributed by atoms with Gasteiger partial charge in [-0.1, -0.05) is 65.2 Å². The van der Waals surface area contributed by atoms with Crippen LogP contribution >= 0.6 is 10.3 Å². The molecule has 0 aliphatic carbocycles. The van der Waals surface area contributed by atoms with Gasteiger partial charge in [-0.3, -0.25) is 4.79 Å². The summed E-state index contributed by atoms with van der Waals surface area (Å²) in [5.74, 6) is 1.58. The normalized spacial score (nSPS) is 13.6. The lowest BCUT2D eigenvalue weighted by Gasteiger charge is -2.39. The fourth-order valence-corrected chi connectivity index (χ4v) is 8.62. The third-order valence-electron chi connectivity index (χ3n) is 4.51. The highest BCUT2D eigenvalue weighted by Crippen LogP contribution is 2.54. The Labute approximate surface area is 167 Å². The van der Waals surface area contributed by atoms with Gasteiger partial charge in [0.15, 0.2) is 0 Å². The molecule has 156 valence electrons. The van der Waals surface area contributed by atoms with Crippen LogP contribution in [0.25, 0.3) is 0 Å². The summed E-state index contributed by atoms with van der Waals surface area (Å²) >= 11 is 0. The van der Waals surface area contributed by atoms with Gasteiger partial charge in [-0.05, 0) is 31.9 Å². The Morgan fingerprint density at radius 2 is 1.44 bits per heavy atom. The molecule has 0 N–H and O–H groups in total. The highest BCUT2D eigenvalue weighted by atomic mass is 32.3. The molecule has 0 aromatic heterocycles. The van der Waals surface area contributed by atoms with Gasteiger partial charge in [-0.25, -0.2) is 3.63 Å². The van der Waals surface area contributed by atoms with E-state index >= 15 is 0 Å². The molecule has 0 aliphatic heterocycles. The summed E-state index contributed by atoms with van der Waals surface area (Å²) < 4.78 is 32.0. The lowest BCUT2D eigenvalue weighted by Crippen LogP contribution is -2.31. The van der Waals surface area contributed by atoms with Crippen LogP contribution in [0, 0.1) is 12.3 Å². The molecule has 1 rings (SSSR count). The van der Waals surface area contributed by atoms with Crippen molar-refractivity contribution in [2.45, 2.75) is 72.1 Å². The maximum atomic E-state index is 13.0. The molecule has 0 atom stereocenters. The molecule has 0 unspecified atom stereocenters. The number of ketones is 1. The number of unbranched alkanes of at least 4 members (excludes halogenated alkanes) is 2. The number of rotatable bonds is 11. The van der Waals surface area contributed by atoms with Crippen LogP contribution < -0.4 is 0 Å². The lowest BCUT2D eigenvalue weighted by molar-refractivity contribution is -0.123. The molecular weight excluding hydrogens is 380 g/mol. The highest BCUT2D eigenvalue weighted by molar-refractivity contribution is 8.33. The molecule has 0 saturated carbocycles. The van der Waals surface area contributed by atoms with E-state index in [4.69, 9.17) is 3.63 Å². The summed E-state index contributed by atoms with van der Waals surface area (Å²) in [7, 11) is -5.96. The fraction of sp³-hybridized carbons (Fsp3) is 0.667. The maximum Gasteiger partial charge on any atom is 0.306 e. The summed E-state index contributed by atoms with van der Waals surface area (Å²) in [6, 6.07) is 6.71. The fourth-order valence-electron chi connectivity index (χ4n) is 2.54. The van der Waals surface area contributed by atoms with Crippen molar-refractivity contribution in [2.75, 3.05) is 17.3 Å². The predicted octanol–water partition coefficient (Wildman–Crippen LogP) is 5.64. The first kappa shape index (κ1) is 24.2. The number of benzene rings is 1. The molecule has 0 bridgehead atoms. The minimum atomic E-state index is -3.90. The van der Waals surface area contributed by atoms with Crippen LogP contribution in [0.3, 0.4) is 0 Å². The molecular formula is C21H36O4S2. The third kappa shape index (κ3) is 7.59. The molecule has 1 aromatic rings. The molecule has 4 nitrogen and oxygen atoms in total. The molecule has 1 aromatic carbocycles. The van der Waals surface area contributed by atoms with Crippen molar-refractivity contribution in [2.24, 2.45) is 5.41 Å². The predicted molar refractivity (Wildman–Crippen MR) is 116 cm³/mol. The van der Waals surface area contributed by atoms with Crippen molar-refractivity contribution >= 4 is 26.2 Å². The number of hydrogen-bond donors (Lipinski definition) is 0. The van der Waals surface area contributed by atoms with Crippen LogP contribution in [0.5, 0.6) is 0 Å². The molecule has 27 heavy (non-hydrogen) atoms. The third-order valence-corrected chi connectivity index (χ3v) is 10.1. The Bertz CT molecular complexity index is 693. The van der Waals surface area contributed by atoms with E-state index in [1.807, 2.05) is 27.7 Å². The molecule has 0 aliphatic rings. The first-order valence-electron chi connectivity index (χ1n) is 9.78. The van der Waals surface area contributed by atoms with Crippen molar-refractivity contribution in [3.63, 3.8) is 0 Å². The van der Waals surface area contributed by atoms with E-state index in [1.54, 1.807) is 24.3 Å². The van der Waals surface area contributed by atoms with Gasteiger partial charge in [-0.15, -0.1) is 10.3 Å². The molecule has 0 fully saturated rings. The van der Waals surface area contributed by atoms with Crippen molar-refractivity contribution in [1.29, 1.82) is 0 Å². The second-order valence-corrected chi connectivity index (χ2v) is 13.2. The second-order valence-electron chi connectivity index (χ2n) is 8.23. The summed E-state index contributed by atoms with van der Waals surface area (Å²) in [5.41, 5.74) is 0.487. The Hall–Kier alpha value is -0.850. The summed E-state index contributed by atoms with van der Waals surface area (Å²) in [5, 5.41) is 0. The summed E-state index contributed by atoms with van der Waals surface area (Å²) in [6.45, 7) is 11.7. The minimum absolute atomic E-state index is 0.0730. The van der Waals surface area contributed by atoms with Gasteiger partial charge in [0.25, 0.3) is 0 Å². The van der Waals surface area contributed by atoms with Crippen molar-refractivity contribution in [3.8, 4) is 0 Å². The van der Waals surface area contributed by atoms with Crippen LogP contribution in [-0.4, -0.2) is 31.5 Å². The van der Waals surface area contributed by atoms with Gasteiger partial charge < -0.3 is 0 Å². The summed E-state index contributed by atoms with van der Waals surface area (Å²) in [4.78, 5) is 13.0. The zero-order chi connectivity index (χ0) is 20.7. The molecule has 0 saturated heterocycles. The van der Waals surface area contributed by atoms with Gasteiger partial charge in [0.1, 0.15) is 5.78 Å². The van der Waals surface area contributed by atoms with E-state index in [0.717, 1.165) is 31.2 Å². The molecule has 0 radical (unpaired) electrons. The van der Waals surface area contributed by atoms with Crippen LogP contribution in [0.15, 0.2) is 29.2 Å². The monoisotopic (exact) mass is 416 g/mol. The Morgan fingerprint density at radius 1 is 0.963 bits per heavy atom. The largest absolute Gasteiger partial charge is 0.306 e. The van der Waals surface area contributed by atoms with Gasteiger partial charge >= 0.3 is 10.1 Å². The number of Topliss-reactive ketones (excluding diaryl/α,β-unsaturated/α-hetero) is 1. The quantitative estimate of drug-likeness (QED) is 0.469.